The first-order chi connectivity index (χ1) is 10.1. The second kappa shape index (κ2) is 9.44. The first kappa shape index (κ1) is 19.3. The summed E-state index contributed by atoms with van der Waals surface area (Å²) in [5.41, 5.74) is 0. The molecule has 0 radical (unpaired) electrons. The molecule has 0 aromatic rings. The topological polar surface area (TPSA) is 72.9 Å². The number of nitrogens with zero attached hydrogens (tertiary/aromatic N) is 2. The van der Waals surface area contributed by atoms with E-state index in [1.807, 2.05) is 6.92 Å². The number of rotatable bonds is 3. The summed E-state index contributed by atoms with van der Waals surface area (Å²) >= 11 is 0. The third kappa shape index (κ3) is 5.19. The quantitative estimate of drug-likeness (QED) is 0.537. The van der Waals surface area contributed by atoms with Crippen molar-refractivity contribution in [3.63, 3.8) is 0 Å². The number of hydrogen-bond acceptors (Lipinski definition) is 5. The summed E-state index contributed by atoms with van der Waals surface area (Å²) in [5, 5.41) is 10.9. The Bertz CT molecular complexity index is 373. The van der Waals surface area contributed by atoms with E-state index < -0.39 is 5.97 Å². The summed E-state index contributed by atoms with van der Waals surface area (Å²) < 4.78 is 5.05. The van der Waals surface area contributed by atoms with E-state index in [0.29, 0.717) is 32.0 Å². The Morgan fingerprint density at radius 2 is 1.77 bits per heavy atom. The van der Waals surface area contributed by atoms with E-state index >= 15 is 0 Å². The molecular weight excluding hydrogens is 279 g/mol. The second-order valence-electron chi connectivity index (χ2n) is 5.90. The van der Waals surface area contributed by atoms with Crippen LogP contribution < -0.4 is 24.0 Å². The van der Waals surface area contributed by atoms with Crippen LogP contribution in [0.2, 0.25) is 0 Å². The molecule has 120 valence electrons. The van der Waals surface area contributed by atoms with Gasteiger partial charge >= 0.3 is 25.0 Å². The van der Waals surface area contributed by atoms with Crippen molar-refractivity contribution in [2.75, 3.05) is 32.8 Å². The molecule has 2 fully saturated rings. The van der Waals surface area contributed by atoms with E-state index in [-0.39, 0.29) is 30.9 Å². The van der Waals surface area contributed by atoms with Gasteiger partial charge in [0, 0.05) is 38.2 Å². The summed E-state index contributed by atoms with van der Waals surface area (Å²) in [6, 6.07) is 0.447. The van der Waals surface area contributed by atoms with Gasteiger partial charge in [-0.15, -0.1) is 0 Å². The Kier molecular flexibility index (Phi) is 8.30. The maximum atomic E-state index is 11.8. The number of aliphatic carboxylic acids is 1. The van der Waals surface area contributed by atoms with Gasteiger partial charge in [0.1, 0.15) is 0 Å². The van der Waals surface area contributed by atoms with Crippen LogP contribution in [-0.4, -0.2) is 60.7 Å². The van der Waals surface area contributed by atoms with Crippen LogP contribution in [0.5, 0.6) is 0 Å². The number of carbonyl (C=O) groups is 2. The molecule has 6 nitrogen and oxygen atoms in total. The maximum absolute atomic E-state index is 11.8. The van der Waals surface area contributed by atoms with Gasteiger partial charge < -0.3 is 19.5 Å². The minimum Gasteiger partial charge on any atom is -0.550 e. The van der Waals surface area contributed by atoms with Crippen molar-refractivity contribution in [1.82, 2.24) is 9.80 Å². The molecule has 1 saturated heterocycles. The molecule has 0 spiro atoms. The molecule has 1 amide bonds. The van der Waals surface area contributed by atoms with Crippen molar-refractivity contribution in [2.24, 2.45) is 5.92 Å². The average Bonchev–Trinajstić information content (AvgIpc) is 2.73. The molecule has 2 rings (SSSR count). The number of hydrogen-bond donors (Lipinski definition) is 0. The molecule has 22 heavy (non-hydrogen) atoms. The predicted octanol–water partition coefficient (Wildman–Crippen LogP) is -2.54. The van der Waals surface area contributed by atoms with Crippen LogP contribution >= 0.6 is 0 Å². The number of carboxylic acids is 1. The zero-order valence-corrected chi connectivity index (χ0v) is 13.8. The Hall–Kier alpha value is -0.703. The van der Waals surface area contributed by atoms with Gasteiger partial charge in [0.25, 0.3) is 0 Å². The van der Waals surface area contributed by atoms with Crippen LogP contribution in [-0.2, 0) is 9.53 Å². The van der Waals surface area contributed by atoms with Crippen LogP contribution in [0.1, 0.15) is 39.0 Å². The fourth-order valence-electron chi connectivity index (χ4n) is 3.38. The zero-order chi connectivity index (χ0) is 15.2. The molecule has 0 unspecified atom stereocenters. The summed E-state index contributed by atoms with van der Waals surface area (Å²) in [6.45, 7) is 5.48. The van der Waals surface area contributed by atoms with E-state index in [1.54, 1.807) is 4.90 Å². The number of carboxylic acid groups (broad SMARTS) is 1. The zero-order valence-electron chi connectivity index (χ0n) is 13.8. The molecule has 0 aromatic heterocycles. The molecule has 1 heterocycles. The van der Waals surface area contributed by atoms with Gasteiger partial charge in [-0.05, 0) is 44.9 Å². The van der Waals surface area contributed by atoms with Crippen LogP contribution in [0, 0.1) is 5.92 Å². The standard InChI is InChI=1S/C15H26N2O4.Li/c1-2-21-15(20)17-9-3-8-16(10-11-17)13-6-4-12(5-7-13)14(18)19;/h12-13H,2-11H2,1H3,(H,18,19);/q;+1/p-1. The van der Waals surface area contributed by atoms with Crippen molar-refractivity contribution in [1.29, 1.82) is 0 Å². The first-order valence-electron chi connectivity index (χ1n) is 7.98. The van der Waals surface area contributed by atoms with Gasteiger partial charge in [0.15, 0.2) is 0 Å². The normalized spacial score (nSPS) is 26.7. The first-order valence-corrected chi connectivity index (χ1v) is 7.98. The predicted molar refractivity (Wildman–Crippen MR) is 75.5 cm³/mol. The molecule has 0 bridgehead atoms. The average molecular weight is 304 g/mol. The molecule has 0 N–H and O–H groups in total. The Morgan fingerprint density at radius 1 is 1.09 bits per heavy atom. The van der Waals surface area contributed by atoms with E-state index in [4.69, 9.17) is 4.74 Å². The molecule has 0 atom stereocenters. The summed E-state index contributed by atoms with van der Waals surface area (Å²) in [5.74, 6) is -1.18. The smallest absolute Gasteiger partial charge is 0.550 e. The largest absolute Gasteiger partial charge is 1.00 e. The fraction of sp³-hybridized carbons (Fsp3) is 0.867. The van der Waals surface area contributed by atoms with E-state index in [0.717, 1.165) is 38.9 Å². The fourth-order valence-corrected chi connectivity index (χ4v) is 3.38. The SMILES string of the molecule is CCOC(=O)N1CCCN(C2CCC(C(=O)[O-])CC2)CC1.[Li+]. The summed E-state index contributed by atoms with van der Waals surface area (Å²) in [4.78, 5) is 26.8. The van der Waals surface area contributed by atoms with E-state index in [1.165, 1.54) is 0 Å². The Balaban J connectivity index is 0.00000242. The molecular formula is C15H25LiN2O4. The van der Waals surface area contributed by atoms with E-state index in [9.17, 15) is 14.7 Å². The van der Waals surface area contributed by atoms with Crippen LogP contribution in [0.3, 0.4) is 0 Å². The number of carbonyl (C=O) groups excluding carboxylic acids is 2. The van der Waals surface area contributed by atoms with E-state index in [2.05, 4.69) is 4.90 Å². The molecule has 1 aliphatic heterocycles. The maximum Gasteiger partial charge on any atom is 1.00 e. The van der Waals surface area contributed by atoms with Gasteiger partial charge in [-0.3, -0.25) is 4.90 Å². The molecule has 2 aliphatic rings. The van der Waals surface area contributed by atoms with Crippen LogP contribution in [0.4, 0.5) is 4.79 Å². The monoisotopic (exact) mass is 304 g/mol. The van der Waals surface area contributed by atoms with Crippen molar-refractivity contribution < 1.29 is 38.3 Å². The minimum atomic E-state index is -0.905. The summed E-state index contributed by atoms with van der Waals surface area (Å²) in [7, 11) is 0. The third-order valence-electron chi connectivity index (χ3n) is 4.60. The van der Waals surface area contributed by atoms with Crippen molar-refractivity contribution in [3.05, 3.63) is 0 Å². The Morgan fingerprint density at radius 3 is 2.36 bits per heavy atom. The molecule has 1 saturated carbocycles. The third-order valence-corrected chi connectivity index (χ3v) is 4.60. The summed E-state index contributed by atoms with van der Waals surface area (Å²) in [6.07, 6.45) is 3.98. The van der Waals surface area contributed by atoms with Crippen molar-refractivity contribution in [2.45, 2.75) is 45.1 Å². The molecule has 7 heteroatoms. The van der Waals surface area contributed by atoms with Crippen molar-refractivity contribution in [3.8, 4) is 0 Å². The van der Waals surface area contributed by atoms with Crippen LogP contribution in [0.25, 0.3) is 0 Å². The minimum absolute atomic E-state index is 0. The Labute approximate surface area is 144 Å². The van der Waals surface area contributed by atoms with Gasteiger partial charge in [-0.25, -0.2) is 4.79 Å². The van der Waals surface area contributed by atoms with Gasteiger partial charge in [-0.1, -0.05) is 0 Å². The van der Waals surface area contributed by atoms with Gasteiger partial charge in [-0.2, -0.15) is 0 Å². The number of ether oxygens (including phenoxy) is 1. The number of amides is 1. The molecule has 1 aliphatic carbocycles. The van der Waals surface area contributed by atoms with Crippen molar-refractivity contribution >= 4 is 12.1 Å². The van der Waals surface area contributed by atoms with Gasteiger partial charge in [0.05, 0.1) is 6.61 Å². The van der Waals surface area contributed by atoms with Crippen LogP contribution in [0.15, 0.2) is 0 Å². The van der Waals surface area contributed by atoms with Gasteiger partial charge in [0.2, 0.25) is 0 Å². The second-order valence-corrected chi connectivity index (χ2v) is 5.90. The molecule has 0 aromatic carbocycles.